The Hall–Kier alpha value is -2.57. The van der Waals surface area contributed by atoms with Gasteiger partial charge in [-0.2, -0.15) is 0 Å². The summed E-state index contributed by atoms with van der Waals surface area (Å²) in [5.74, 6) is -0.298. The lowest BCUT2D eigenvalue weighted by molar-refractivity contribution is -0.115. The Morgan fingerprint density at radius 1 is 1.45 bits per heavy atom. The van der Waals surface area contributed by atoms with Crippen LogP contribution in [0.1, 0.15) is 13.3 Å². The number of carbonyl (C=O) groups is 1. The number of halogens is 1. The number of hydrogen-bond donors (Lipinski definition) is 1. The van der Waals surface area contributed by atoms with Gasteiger partial charge >= 0.3 is 0 Å². The van der Waals surface area contributed by atoms with Crippen LogP contribution in [0.25, 0.3) is 0 Å². The second-order valence-electron chi connectivity index (χ2n) is 4.11. The van der Waals surface area contributed by atoms with E-state index in [1.807, 2.05) is 0 Å². The van der Waals surface area contributed by atoms with Crippen molar-refractivity contribution in [1.82, 2.24) is 9.55 Å². The van der Waals surface area contributed by atoms with Gasteiger partial charge in [0.05, 0.1) is 0 Å². The molecule has 0 unspecified atom stereocenters. The predicted octanol–water partition coefficient (Wildman–Crippen LogP) is 3.32. The van der Waals surface area contributed by atoms with Gasteiger partial charge in [-0.3, -0.25) is 4.79 Å². The Bertz CT molecular complexity index is 650. The summed E-state index contributed by atoms with van der Waals surface area (Å²) in [7, 11) is 1.76. The summed E-state index contributed by atoms with van der Waals surface area (Å²) in [6.07, 6.45) is 3.63. The zero-order valence-corrected chi connectivity index (χ0v) is 11.2. The van der Waals surface area contributed by atoms with Crippen LogP contribution >= 0.6 is 0 Å². The van der Waals surface area contributed by atoms with Gasteiger partial charge in [-0.1, -0.05) is 6.92 Å². The van der Waals surface area contributed by atoms with Gasteiger partial charge in [-0.25, -0.2) is 9.37 Å². The molecule has 20 heavy (non-hydrogen) atoms. The number of imidazole rings is 1. The zero-order valence-electron chi connectivity index (χ0n) is 11.2. The molecule has 0 aliphatic rings. The molecule has 1 amide bonds. The third kappa shape index (κ3) is 3.25. The second kappa shape index (κ2) is 6.05. The summed E-state index contributed by atoms with van der Waals surface area (Å²) in [6, 6.07) is 4.13. The molecule has 0 bridgehead atoms. The molecule has 2 rings (SSSR count). The summed E-state index contributed by atoms with van der Waals surface area (Å²) in [4.78, 5) is 15.2. The molecule has 0 saturated carbocycles. The normalized spacial score (nSPS) is 10.9. The van der Waals surface area contributed by atoms with Crippen molar-refractivity contribution in [3.63, 3.8) is 0 Å². The van der Waals surface area contributed by atoms with E-state index < -0.39 is 5.82 Å². The maximum absolute atomic E-state index is 13.6. The molecule has 0 saturated heterocycles. The van der Waals surface area contributed by atoms with Crippen LogP contribution in [-0.4, -0.2) is 15.5 Å². The smallest absolute Gasteiger partial charge is 0.249 e. The van der Waals surface area contributed by atoms with E-state index in [-0.39, 0.29) is 11.6 Å². The van der Waals surface area contributed by atoms with Crippen molar-refractivity contribution in [1.29, 1.82) is 0 Å². The van der Waals surface area contributed by atoms with Crippen LogP contribution in [0.4, 0.5) is 21.7 Å². The van der Waals surface area contributed by atoms with Crippen LogP contribution in [-0.2, 0) is 11.8 Å². The molecule has 1 heterocycles. The standard InChI is InChI=1S/C13H14FN5O/c1-3-12(20)16-9-4-5-10(14)11(8-9)17-18-13-15-6-7-19(13)2/h4-8H,3H2,1-2H3,(H,16,20). The number of azo groups is 1. The van der Waals surface area contributed by atoms with E-state index in [0.29, 0.717) is 18.1 Å². The van der Waals surface area contributed by atoms with E-state index in [4.69, 9.17) is 0 Å². The van der Waals surface area contributed by atoms with Gasteiger partial charge in [0.1, 0.15) is 5.69 Å². The highest BCUT2D eigenvalue weighted by molar-refractivity contribution is 5.90. The third-order valence-electron chi connectivity index (χ3n) is 2.59. The lowest BCUT2D eigenvalue weighted by Crippen LogP contribution is -2.09. The van der Waals surface area contributed by atoms with E-state index in [0.717, 1.165) is 0 Å². The molecule has 0 radical (unpaired) electrons. The van der Waals surface area contributed by atoms with Gasteiger partial charge in [0.2, 0.25) is 11.9 Å². The summed E-state index contributed by atoms with van der Waals surface area (Å²) in [5.41, 5.74) is 0.522. The highest BCUT2D eigenvalue weighted by Gasteiger charge is 2.05. The van der Waals surface area contributed by atoms with Gasteiger partial charge in [0.25, 0.3) is 0 Å². The highest BCUT2D eigenvalue weighted by Crippen LogP contribution is 2.24. The molecule has 2 aromatic rings. The monoisotopic (exact) mass is 275 g/mol. The van der Waals surface area contributed by atoms with Gasteiger partial charge in [0, 0.05) is 31.5 Å². The molecule has 1 N–H and O–H groups in total. The lowest BCUT2D eigenvalue weighted by Gasteiger charge is -2.04. The van der Waals surface area contributed by atoms with E-state index >= 15 is 0 Å². The average molecular weight is 275 g/mol. The fourth-order valence-corrected chi connectivity index (χ4v) is 1.47. The Labute approximate surface area is 115 Å². The van der Waals surface area contributed by atoms with E-state index in [2.05, 4.69) is 20.5 Å². The number of hydrogen-bond acceptors (Lipinski definition) is 4. The maximum Gasteiger partial charge on any atom is 0.249 e. The molecule has 0 aliphatic heterocycles. The first-order chi connectivity index (χ1) is 9.60. The third-order valence-corrected chi connectivity index (χ3v) is 2.59. The largest absolute Gasteiger partial charge is 0.326 e. The van der Waals surface area contributed by atoms with Gasteiger partial charge in [0.15, 0.2) is 5.82 Å². The van der Waals surface area contributed by atoms with Crippen LogP contribution < -0.4 is 5.32 Å². The summed E-state index contributed by atoms with van der Waals surface area (Å²) in [5, 5.41) is 10.3. The number of carbonyl (C=O) groups excluding carboxylic acids is 1. The van der Waals surface area contributed by atoms with Crippen molar-refractivity contribution in [2.45, 2.75) is 13.3 Å². The first-order valence-corrected chi connectivity index (χ1v) is 6.08. The number of nitrogens with one attached hydrogen (secondary N) is 1. The minimum absolute atomic E-state index is 0.0434. The number of benzene rings is 1. The summed E-state index contributed by atoms with van der Waals surface area (Å²) < 4.78 is 15.3. The van der Waals surface area contributed by atoms with Crippen molar-refractivity contribution in [2.24, 2.45) is 17.3 Å². The molecule has 0 fully saturated rings. The van der Waals surface area contributed by atoms with Crippen LogP contribution in [0.3, 0.4) is 0 Å². The van der Waals surface area contributed by atoms with Crippen LogP contribution in [0, 0.1) is 5.82 Å². The highest BCUT2D eigenvalue weighted by atomic mass is 19.1. The van der Waals surface area contributed by atoms with Gasteiger partial charge in [-0.05, 0) is 18.2 Å². The first kappa shape index (κ1) is 13.9. The van der Waals surface area contributed by atoms with Gasteiger partial charge in [-0.15, -0.1) is 10.2 Å². The maximum atomic E-state index is 13.6. The Morgan fingerprint density at radius 3 is 2.90 bits per heavy atom. The molecule has 0 aliphatic carbocycles. The predicted molar refractivity (Wildman–Crippen MR) is 72.7 cm³/mol. The van der Waals surface area contributed by atoms with E-state index in [1.54, 1.807) is 30.9 Å². The fourth-order valence-electron chi connectivity index (χ4n) is 1.47. The number of nitrogens with zero attached hydrogens (tertiary/aromatic N) is 4. The van der Waals surface area contributed by atoms with Gasteiger partial charge < -0.3 is 9.88 Å². The Kier molecular flexibility index (Phi) is 4.19. The van der Waals surface area contributed by atoms with Crippen molar-refractivity contribution in [3.8, 4) is 0 Å². The van der Waals surface area contributed by atoms with E-state index in [9.17, 15) is 9.18 Å². The van der Waals surface area contributed by atoms with Crippen LogP contribution in [0.15, 0.2) is 40.8 Å². The van der Waals surface area contributed by atoms with Crippen molar-refractivity contribution in [3.05, 3.63) is 36.4 Å². The Balaban J connectivity index is 2.23. The van der Waals surface area contributed by atoms with Crippen molar-refractivity contribution >= 4 is 23.2 Å². The summed E-state index contributed by atoms with van der Waals surface area (Å²) >= 11 is 0. The molecular formula is C13H14FN5O. The molecule has 6 nitrogen and oxygen atoms in total. The minimum Gasteiger partial charge on any atom is -0.326 e. The quantitative estimate of drug-likeness (QED) is 0.869. The number of rotatable bonds is 4. The number of anilines is 1. The van der Waals surface area contributed by atoms with Crippen LogP contribution in [0.2, 0.25) is 0 Å². The van der Waals surface area contributed by atoms with Crippen molar-refractivity contribution in [2.75, 3.05) is 5.32 Å². The molecule has 1 aromatic carbocycles. The molecule has 0 atom stereocenters. The molecule has 0 spiro atoms. The Morgan fingerprint density at radius 2 is 2.25 bits per heavy atom. The topological polar surface area (TPSA) is 71.6 Å². The molecule has 7 heteroatoms. The first-order valence-electron chi connectivity index (χ1n) is 6.08. The second-order valence-corrected chi connectivity index (χ2v) is 4.11. The SMILES string of the molecule is CCC(=O)Nc1ccc(F)c(N=Nc2nccn2C)c1. The number of aromatic nitrogens is 2. The summed E-state index contributed by atoms with van der Waals surface area (Å²) in [6.45, 7) is 1.74. The number of amides is 1. The molecular weight excluding hydrogens is 261 g/mol. The lowest BCUT2D eigenvalue weighted by atomic mass is 10.2. The van der Waals surface area contributed by atoms with Crippen LogP contribution in [0.5, 0.6) is 0 Å². The minimum atomic E-state index is -0.516. The molecule has 104 valence electrons. The number of aryl methyl sites for hydroxylation is 1. The van der Waals surface area contributed by atoms with Crippen molar-refractivity contribution < 1.29 is 9.18 Å². The van der Waals surface area contributed by atoms with E-state index in [1.165, 1.54) is 18.2 Å². The zero-order chi connectivity index (χ0) is 14.5. The average Bonchev–Trinajstić information content (AvgIpc) is 2.84. The molecule has 1 aromatic heterocycles. The fraction of sp³-hybridized carbons (Fsp3) is 0.231.